The largest absolute Gasteiger partial charge is 0.434 e. The molecule has 8 heteroatoms. The fourth-order valence-corrected chi connectivity index (χ4v) is 2.12. The first-order valence-corrected chi connectivity index (χ1v) is 6.55. The highest BCUT2D eigenvalue weighted by molar-refractivity contribution is 9.10. The van der Waals surface area contributed by atoms with Gasteiger partial charge in [-0.2, -0.15) is 18.4 Å². The zero-order valence-electron chi connectivity index (χ0n) is 10.1. The van der Waals surface area contributed by atoms with Gasteiger partial charge in [0.2, 0.25) is 0 Å². The monoisotopic (exact) mass is 347 g/mol. The molecule has 4 nitrogen and oxygen atoms in total. The van der Waals surface area contributed by atoms with Gasteiger partial charge in [0.1, 0.15) is 11.1 Å². The van der Waals surface area contributed by atoms with Crippen LogP contribution in [0.5, 0.6) is 0 Å². The Morgan fingerprint density at radius 1 is 1.50 bits per heavy atom. The summed E-state index contributed by atoms with van der Waals surface area (Å²) in [5, 5.41) is 8.69. The highest BCUT2D eigenvalue weighted by Crippen LogP contribution is 2.34. The Labute approximate surface area is 121 Å². The maximum Gasteiger partial charge on any atom is 0.434 e. The minimum atomic E-state index is -4.73. The molecule has 1 saturated carbocycles. The van der Waals surface area contributed by atoms with Crippen molar-refractivity contribution < 1.29 is 18.0 Å². The predicted octanol–water partition coefficient (Wildman–Crippen LogP) is 2.99. The zero-order valence-corrected chi connectivity index (χ0v) is 11.7. The number of nitriles is 1. The van der Waals surface area contributed by atoms with Crippen LogP contribution in [-0.4, -0.2) is 28.4 Å². The van der Waals surface area contributed by atoms with Crippen LogP contribution in [-0.2, 0) is 6.18 Å². The second-order valence-corrected chi connectivity index (χ2v) is 5.16. The van der Waals surface area contributed by atoms with Crippen molar-refractivity contribution in [2.45, 2.75) is 25.1 Å². The average Bonchev–Trinajstić information content (AvgIpc) is 3.18. The summed E-state index contributed by atoms with van der Waals surface area (Å²) in [7, 11) is 0. The number of carbonyl (C=O) groups is 1. The van der Waals surface area contributed by atoms with Gasteiger partial charge in [-0.25, -0.2) is 4.98 Å². The summed E-state index contributed by atoms with van der Waals surface area (Å²) < 4.78 is 38.8. The quantitative estimate of drug-likeness (QED) is 0.623. The van der Waals surface area contributed by atoms with Crippen molar-refractivity contribution in [3.8, 4) is 6.07 Å². The van der Waals surface area contributed by atoms with Crippen molar-refractivity contribution in [1.82, 2.24) is 9.88 Å². The Morgan fingerprint density at radius 3 is 2.65 bits per heavy atom. The van der Waals surface area contributed by atoms with E-state index in [1.54, 1.807) is 6.07 Å². The summed E-state index contributed by atoms with van der Waals surface area (Å²) >= 11 is 2.86. The van der Waals surface area contributed by atoms with Crippen LogP contribution in [0.15, 0.2) is 16.7 Å². The lowest BCUT2D eigenvalue weighted by atomic mass is 10.1. The van der Waals surface area contributed by atoms with Gasteiger partial charge in [0.05, 0.1) is 11.6 Å². The number of amides is 1. The summed E-state index contributed by atoms with van der Waals surface area (Å²) in [6.45, 7) is -0.225. The van der Waals surface area contributed by atoms with Gasteiger partial charge in [-0.15, -0.1) is 0 Å². The second kappa shape index (κ2) is 5.40. The molecule has 1 aromatic rings. The van der Waals surface area contributed by atoms with Crippen molar-refractivity contribution in [2.75, 3.05) is 6.54 Å². The molecule has 0 atom stereocenters. The van der Waals surface area contributed by atoms with Gasteiger partial charge in [-0.05, 0) is 40.9 Å². The molecule has 2 rings (SSSR count). The van der Waals surface area contributed by atoms with E-state index < -0.39 is 23.3 Å². The van der Waals surface area contributed by atoms with Crippen LogP contribution in [0.2, 0.25) is 0 Å². The molecule has 106 valence electrons. The Bertz CT molecular complexity index is 578. The van der Waals surface area contributed by atoms with E-state index in [2.05, 4.69) is 20.9 Å². The first-order chi connectivity index (χ1) is 9.34. The van der Waals surface area contributed by atoms with Gasteiger partial charge in [0, 0.05) is 6.04 Å². The normalized spacial score (nSPS) is 14.8. The molecule has 1 aromatic heterocycles. The summed E-state index contributed by atoms with van der Waals surface area (Å²) in [5.41, 5.74) is -1.76. The molecular formula is C12H9BrF3N3O. The van der Waals surface area contributed by atoms with E-state index in [0.717, 1.165) is 6.07 Å². The lowest BCUT2D eigenvalue weighted by molar-refractivity contribution is -0.141. The van der Waals surface area contributed by atoms with E-state index in [1.807, 2.05) is 0 Å². The Morgan fingerprint density at radius 2 is 2.15 bits per heavy atom. The van der Waals surface area contributed by atoms with Crippen molar-refractivity contribution in [3.05, 3.63) is 28.0 Å². The second-order valence-electron chi connectivity index (χ2n) is 4.35. The first-order valence-electron chi connectivity index (χ1n) is 5.76. The van der Waals surface area contributed by atoms with Gasteiger partial charge in [-0.1, -0.05) is 0 Å². The van der Waals surface area contributed by atoms with Crippen molar-refractivity contribution in [1.29, 1.82) is 5.26 Å². The van der Waals surface area contributed by atoms with E-state index >= 15 is 0 Å². The number of carbonyl (C=O) groups excluding carboxylic acids is 1. The smallest absolute Gasteiger partial charge is 0.322 e. The summed E-state index contributed by atoms with van der Waals surface area (Å²) in [4.78, 5) is 16.7. The molecule has 0 aliphatic heterocycles. The molecule has 1 aliphatic rings. The van der Waals surface area contributed by atoms with Crippen LogP contribution in [0.1, 0.15) is 28.9 Å². The number of alkyl halides is 3. The molecule has 1 aliphatic carbocycles. The highest BCUT2D eigenvalue weighted by atomic mass is 79.9. The van der Waals surface area contributed by atoms with E-state index in [9.17, 15) is 18.0 Å². The third kappa shape index (κ3) is 3.10. The van der Waals surface area contributed by atoms with Crippen LogP contribution in [0.3, 0.4) is 0 Å². The molecule has 1 heterocycles. The maximum atomic E-state index is 12.9. The molecule has 0 N–H and O–H groups in total. The van der Waals surface area contributed by atoms with Crippen molar-refractivity contribution >= 4 is 21.8 Å². The molecule has 1 amide bonds. The third-order valence-electron chi connectivity index (χ3n) is 2.85. The van der Waals surface area contributed by atoms with Crippen LogP contribution in [0.25, 0.3) is 0 Å². The van der Waals surface area contributed by atoms with Crippen molar-refractivity contribution in [2.24, 2.45) is 0 Å². The Balaban J connectivity index is 2.41. The summed E-state index contributed by atoms with van der Waals surface area (Å²) in [5.74, 6) is -0.804. The van der Waals surface area contributed by atoms with E-state index in [4.69, 9.17) is 5.26 Å². The lowest BCUT2D eigenvalue weighted by Gasteiger charge is -2.21. The van der Waals surface area contributed by atoms with Gasteiger partial charge in [-0.3, -0.25) is 4.79 Å². The molecular weight excluding hydrogens is 339 g/mol. The first kappa shape index (κ1) is 14.8. The number of nitrogens with zero attached hydrogens (tertiary/aromatic N) is 3. The molecule has 0 spiro atoms. The molecule has 1 fully saturated rings. The van der Waals surface area contributed by atoms with Gasteiger partial charge < -0.3 is 4.90 Å². The summed E-state index contributed by atoms with van der Waals surface area (Å²) in [6, 6.07) is 4.01. The zero-order chi connectivity index (χ0) is 14.9. The lowest BCUT2D eigenvalue weighted by Crippen LogP contribution is -2.35. The van der Waals surface area contributed by atoms with Crippen molar-refractivity contribution in [3.63, 3.8) is 0 Å². The van der Waals surface area contributed by atoms with E-state index in [-0.39, 0.29) is 17.2 Å². The van der Waals surface area contributed by atoms with E-state index in [0.29, 0.717) is 12.8 Å². The number of halogens is 4. The highest BCUT2D eigenvalue weighted by Gasteiger charge is 2.40. The SMILES string of the molecule is N#CCN(C(=O)c1ccc(Br)nc1C(F)(F)F)C1CC1. The van der Waals surface area contributed by atoms with Crippen LogP contribution < -0.4 is 0 Å². The molecule has 0 radical (unpaired) electrons. The average molecular weight is 348 g/mol. The predicted molar refractivity (Wildman–Crippen MR) is 66.6 cm³/mol. The van der Waals surface area contributed by atoms with Crippen LogP contribution in [0.4, 0.5) is 13.2 Å². The Kier molecular flexibility index (Phi) is 3.99. The summed E-state index contributed by atoms with van der Waals surface area (Å²) in [6.07, 6.45) is -3.31. The molecule has 0 aromatic carbocycles. The molecule has 0 bridgehead atoms. The minimum absolute atomic E-state index is 0.000342. The standard InChI is InChI=1S/C12H9BrF3N3O/c13-9-4-3-8(10(18-9)12(14,15)16)11(20)19(6-5-17)7-1-2-7/h3-4,7H,1-2,6H2. The van der Waals surface area contributed by atoms with Crippen LogP contribution in [0, 0.1) is 11.3 Å². The topological polar surface area (TPSA) is 57.0 Å². The molecule has 0 unspecified atom stereocenters. The fraction of sp³-hybridized carbons (Fsp3) is 0.417. The number of pyridine rings is 1. The van der Waals surface area contributed by atoms with Crippen LogP contribution >= 0.6 is 15.9 Å². The Hall–Kier alpha value is -1.62. The number of hydrogen-bond acceptors (Lipinski definition) is 3. The molecule has 20 heavy (non-hydrogen) atoms. The van der Waals surface area contributed by atoms with Gasteiger partial charge >= 0.3 is 6.18 Å². The van der Waals surface area contributed by atoms with Gasteiger partial charge in [0.15, 0.2) is 5.69 Å². The third-order valence-corrected chi connectivity index (χ3v) is 3.29. The molecule has 0 saturated heterocycles. The van der Waals surface area contributed by atoms with E-state index in [1.165, 1.54) is 11.0 Å². The minimum Gasteiger partial charge on any atom is -0.322 e. The number of rotatable bonds is 3. The van der Waals surface area contributed by atoms with Gasteiger partial charge in [0.25, 0.3) is 5.91 Å². The fourth-order valence-electron chi connectivity index (χ4n) is 1.81. The number of aromatic nitrogens is 1. The number of hydrogen-bond donors (Lipinski definition) is 0. The maximum absolute atomic E-state index is 12.9.